The summed E-state index contributed by atoms with van der Waals surface area (Å²) in [5.41, 5.74) is 6.21. The standard InChI is InChI=1S/C15H20FN3O2/c1-11(20)18-7-2-8-19(10-9-18)14(15(17)21)12-3-5-13(16)6-4-12/h3-6,14H,2,7-10H2,1H3,(H2,17,21). The molecule has 0 aromatic heterocycles. The molecule has 0 bridgehead atoms. The predicted molar refractivity (Wildman–Crippen MR) is 76.8 cm³/mol. The van der Waals surface area contributed by atoms with Crippen molar-refractivity contribution in [2.45, 2.75) is 19.4 Å². The van der Waals surface area contributed by atoms with Gasteiger partial charge in [-0.15, -0.1) is 0 Å². The van der Waals surface area contributed by atoms with Crippen LogP contribution in [0, 0.1) is 5.82 Å². The smallest absolute Gasteiger partial charge is 0.239 e. The van der Waals surface area contributed by atoms with Crippen molar-refractivity contribution in [2.75, 3.05) is 26.2 Å². The van der Waals surface area contributed by atoms with Gasteiger partial charge in [-0.1, -0.05) is 12.1 Å². The van der Waals surface area contributed by atoms with Crippen LogP contribution < -0.4 is 5.73 Å². The minimum absolute atomic E-state index is 0.0363. The topological polar surface area (TPSA) is 66.6 Å². The van der Waals surface area contributed by atoms with Crippen LogP contribution in [0.1, 0.15) is 24.9 Å². The number of carbonyl (C=O) groups is 2. The van der Waals surface area contributed by atoms with Gasteiger partial charge in [0.1, 0.15) is 11.9 Å². The number of primary amides is 1. The first kappa shape index (κ1) is 15.4. The monoisotopic (exact) mass is 293 g/mol. The molecule has 1 atom stereocenters. The Balaban J connectivity index is 2.17. The van der Waals surface area contributed by atoms with E-state index < -0.39 is 11.9 Å². The highest BCUT2D eigenvalue weighted by molar-refractivity contribution is 5.81. The second-order valence-electron chi connectivity index (χ2n) is 5.25. The van der Waals surface area contributed by atoms with Gasteiger partial charge in [0, 0.05) is 33.1 Å². The number of rotatable bonds is 3. The fourth-order valence-electron chi connectivity index (χ4n) is 2.71. The second kappa shape index (κ2) is 6.67. The van der Waals surface area contributed by atoms with Gasteiger partial charge in [-0.05, 0) is 24.1 Å². The van der Waals surface area contributed by atoms with Gasteiger partial charge in [0.2, 0.25) is 11.8 Å². The lowest BCUT2D eigenvalue weighted by Gasteiger charge is -2.28. The van der Waals surface area contributed by atoms with Crippen molar-refractivity contribution in [1.82, 2.24) is 9.80 Å². The van der Waals surface area contributed by atoms with Crippen molar-refractivity contribution in [3.63, 3.8) is 0 Å². The first-order valence-corrected chi connectivity index (χ1v) is 7.03. The molecule has 1 heterocycles. The van der Waals surface area contributed by atoms with Gasteiger partial charge in [-0.25, -0.2) is 4.39 Å². The van der Waals surface area contributed by atoms with Crippen molar-refractivity contribution < 1.29 is 14.0 Å². The van der Waals surface area contributed by atoms with Crippen molar-refractivity contribution >= 4 is 11.8 Å². The van der Waals surface area contributed by atoms with Gasteiger partial charge < -0.3 is 10.6 Å². The van der Waals surface area contributed by atoms with Crippen LogP contribution in [0.5, 0.6) is 0 Å². The van der Waals surface area contributed by atoms with E-state index in [9.17, 15) is 14.0 Å². The van der Waals surface area contributed by atoms with Crippen LogP contribution in [0.4, 0.5) is 4.39 Å². The van der Waals surface area contributed by atoms with Crippen LogP contribution in [-0.2, 0) is 9.59 Å². The molecule has 1 saturated heterocycles. The second-order valence-corrected chi connectivity index (χ2v) is 5.25. The van der Waals surface area contributed by atoms with Gasteiger partial charge in [0.05, 0.1) is 0 Å². The summed E-state index contributed by atoms with van der Waals surface area (Å²) >= 11 is 0. The summed E-state index contributed by atoms with van der Waals surface area (Å²) in [4.78, 5) is 27.0. The van der Waals surface area contributed by atoms with Crippen LogP contribution in [0.2, 0.25) is 0 Å². The fourth-order valence-corrected chi connectivity index (χ4v) is 2.71. The van der Waals surface area contributed by atoms with Gasteiger partial charge >= 0.3 is 0 Å². The zero-order valence-electron chi connectivity index (χ0n) is 12.1. The Hall–Kier alpha value is -1.95. The van der Waals surface area contributed by atoms with Crippen molar-refractivity contribution in [3.05, 3.63) is 35.6 Å². The van der Waals surface area contributed by atoms with Gasteiger partial charge in [0.15, 0.2) is 0 Å². The molecule has 0 saturated carbocycles. The van der Waals surface area contributed by atoms with E-state index in [-0.39, 0.29) is 11.7 Å². The molecule has 6 heteroatoms. The average Bonchev–Trinajstić information content (AvgIpc) is 2.67. The third-order valence-electron chi connectivity index (χ3n) is 3.80. The molecule has 0 spiro atoms. The summed E-state index contributed by atoms with van der Waals surface area (Å²) in [6.45, 7) is 4.04. The summed E-state index contributed by atoms with van der Waals surface area (Å²) in [6, 6.07) is 5.23. The van der Waals surface area contributed by atoms with Crippen molar-refractivity contribution in [1.29, 1.82) is 0 Å². The van der Waals surface area contributed by atoms with Crippen molar-refractivity contribution in [2.24, 2.45) is 5.73 Å². The van der Waals surface area contributed by atoms with Crippen LogP contribution in [0.3, 0.4) is 0 Å². The summed E-state index contributed by atoms with van der Waals surface area (Å²) in [6.07, 6.45) is 0.782. The first-order chi connectivity index (χ1) is 9.99. The molecule has 1 unspecified atom stereocenters. The number of amides is 2. The fraction of sp³-hybridized carbons (Fsp3) is 0.467. The molecule has 21 heavy (non-hydrogen) atoms. The minimum atomic E-state index is -0.586. The van der Waals surface area contributed by atoms with E-state index in [1.165, 1.54) is 12.1 Å². The zero-order valence-corrected chi connectivity index (χ0v) is 12.1. The predicted octanol–water partition coefficient (Wildman–Crippen LogP) is 0.906. The third-order valence-corrected chi connectivity index (χ3v) is 3.80. The average molecular weight is 293 g/mol. The molecule has 1 aliphatic heterocycles. The lowest BCUT2D eigenvalue weighted by Crippen LogP contribution is -2.40. The molecule has 114 valence electrons. The minimum Gasteiger partial charge on any atom is -0.368 e. The highest BCUT2D eigenvalue weighted by Gasteiger charge is 2.28. The maximum atomic E-state index is 13.0. The molecule has 0 aliphatic carbocycles. The van der Waals surface area contributed by atoms with E-state index in [4.69, 9.17) is 5.73 Å². The van der Waals surface area contributed by atoms with Crippen LogP contribution in [0.15, 0.2) is 24.3 Å². The summed E-state index contributed by atoms with van der Waals surface area (Å²) < 4.78 is 13.0. The Morgan fingerprint density at radius 1 is 1.14 bits per heavy atom. The number of nitrogens with zero attached hydrogens (tertiary/aromatic N) is 2. The Kier molecular flexibility index (Phi) is 4.90. The van der Waals surface area contributed by atoms with Crippen LogP contribution >= 0.6 is 0 Å². The molecule has 2 amide bonds. The summed E-state index contributed by atoms with van der Waals surface area (Å²) in [5.74, 6) is -0.771. The molecule has 2 rings (SSSR count). The molecule has 1 aliphatic rings. The molecule has 1 aromatic rings. The maximum Gasteiger partial charge on any atom is 0.239 e. The van der Waals surface area contributed by atoms with E-state index in [0.717, 1.165) is 6.42 Å². The van der Waals surface area contributed by atoms with Crippen molar-refractivity contribution in [3.8, 4) is 0 Å². The number of nitrogens with two attached hydrogens (primary N) is 1. The lowest BCUT2D eigenvalue weighted by atomic mass is 10.0. The Bertz CT molecular complexity index is 518. The molecular formula is C15H20FN3O2. The number of halogens is 1. The van der Waals surface area contributed by atoms with E-state index in [1.807, 2.05) is 4.90 Å². The molecule has 5 nitrogen and oxygen atoms in total. The van der Waals surface area contributed by atoms with Gasteiger partial charge in [-0.3, -0.25) is 14.5 Å². The molecule has 1 fully saturated rings. The molecule has 1 aromatic carbocycles. The van der Waals surface area contributed by atoms with Gasteiger partial charge in [0.25, 0.3) is 0 Å². The number of hydrogen-bond acceptors (Lipinski definition) is 3. The number of benzene rings is 1. The molecule has 2 N–H and O–H groups in total. The first-order valence-electron chi connectivity index (χ1n) is 7.03. The lowest BCUT2D eigenvalue weighted by molar-refractivity contribution is -0.128. The quantitative estimate of drug-likeness (QED) is 0.900. The SMILES string of the molecule is CC(=O)N1CCCN(C(C(N)=O)c2ccc(F)cc2)CC1. The Morgan fingerprint density at radius 3 is 2.38 bits per heavy atom. The van der Waals surface area contributed by atoms with Crippen LogP contribution in [0.25, 0.3) is 0 Å². The van der Waals surface area contributed by atoms with Gasteiger partial charge in [-0.2, -0.15) is 0 Å². The van der Waals surface area contributed by atoms with E-state index in [0.29, 0.717) is 31.7 Å². The van der Waals surface area contributed by atoms with E-state index >= 15 is 0 Å². The molecular weight excluding hydrogens is 273 g/mol. The normalized spacial score (nSPS) is 18.1. The van der Waals surface area contributed by atoms with Crippen LogP contribution in [-0.4, -0.2) is 47.8 Å². The molecule has 0 radical (unpaired) electrons. The highest BCUT2D eigenvalue weighted by atomic mass is 19.1. The number of hydrogen-bond donors (Lipinski definition) is 1. The Morgan fingerprint density at radius 2 is 1.81 bits per heavy atom. The zero-order chi connectivity index (χ0) is 15.4. The summed E-state index contributed by atoms with van der Waals surface area (Å²) in [5, 5.41) is 0. The third kappa shape index (κ3) is 3.78. The highest BCUT2D eigenvalue weighted by Crippen LogP contribution is 2.22. The maximum absolute atomic E-state index is 13.0. The largest absolute Gasteiger partial charge is 0.368 e. The summed E-state index contributed by atoms with van der Waals surface area (Å²) in [7, 11) is 0. The van der Waals surface area contributed by atoms with E-state index in [2.05, 4.69) is 0 Å². The number of carbonyl (C=O) groups excluding carboxylic acids is 2. The van der Waals surface area contributed by atoms with E-state index in [1.54, 1.807) is 24.0 Å². The Labute approximate surface area is 123 Å².